The number of nitrogen functional groups attached to an aromatic ring is 1. The Bertz CT molecular complexity index is 2080. The van der Waals surface area contributed by atoms with Crippen LogP contribution < -0.4 is 11.3 Å². The van der Waals surface area contributed by atoms with Gasteiger partial charge in [-0.25, -0.2) is 19.1 Å². The van der Waals surface area contributed by atoms with Crippen LogP contribution in [0.25, 0.3) is 28.1 Å². The summed E-state index contributed by atoms with van der Waals surface area (Å²) in [7, 11) is 0. The predicted molar refractivity (Wildman–Crippen MR) is 167 cm³/mol. The summed E-state index contributed by atoms with van der Waals surface area (Å²) in [6.45, 7) is -9.81. The van der Waals surface area contributed by atoms with Gasteiger partial charge in [-0.1, -0.05) is 23.2 Å². The molecule has 18 nitrogen and oxygen atoms in total. The lowest BCUT2D eigenvalue weighted by molar-refractivity contribution is -0.0475. The van der Waals surface area contributed by atoms with E-state index in [1.54, 1.807) is 0 Å². The fourth-order valence-corrected chi connectivity index (χ4v) is 8.19. The van der Waals surface area contributed by atoms with Crippen LogP contribution in [0.4, 0.5) is 5.95 Å². The molecule has 2 saturated heterocycles. The zero-order chi connectivity index (χ0) is 32.7. The first-order valence-electron chi connectivity index (χ1n) is 13.0. The summed E-state index contributed by atoms with van der Waals surface area (Å²) in [5, 5.41) is 22.9. The zero-order valence-corrected chi connectivity index (χ0v) is 27.6. The van der Waals surface area contributed by atoms with Crippen molar-refractivity contribution < 1.29 is 47.2 Å². The first kappa shape index (κ1) is 32.3. The minimum atomic E-state index is -4.43. The summed E-state index contributed by atoms with van der Waals surface area (Å²) < 4.78 is 50.3. The van der Waals surface area contributed by atoms with Crippen molar-refractivity contribution in [2.75, 3.05) is 18.9 Å². The van der Waals surface area contributed by atoms with Crippen LogP contribution in [-0.4, -0.2) is 87.9 Å². The SMILES string of the molecule is Nc1nc2c(ncn2C2=C3OP(=O)(S)OC[C@H]4O[C@@H](n5cnc6cc(Cl)c(Cl)cc65)C(O)C4OP(O)(=S)OC[C@@H](O2)C3O)c(=O)[nH]1. The number of aromatic amines is 1. The Labute approximate surface area is 276 Å². The lowest BCUT2D eigenvalue weighted by atomic mass is 10.1. The van der Waals surface area contributed by atoms with Gasteiger partial charge in [-0.3, -0.25) is 18.8 Å². The fraction of sp³-hybridized carbons (Fsp3) is 0.364. The van der Waals surface area contributed by atoms with Crippen LogP contribution in [0.2, 0.25) is 10.0 Å². The number of benzene rings is 1. The number of aliphatic hydroxyl groups excluding tert-OH is 2. The van der Waals surface area contributed by atoms with E-state index < -0.39 is 74.8 Å². The number of rotatable bonds is 2. The van der Waals surface area contributed by atoms with E-state index in [2.05, 4.69) is 32.2 Å². The maximum absolute atomic E-state index is 13.5. The van der Waals surface area contributed by atoms with E-state index in [1.165, 1.54) is 23.0 Å². The molecule has 6 N–H and O–H groups in total. The minimum absolute atomic E-state index is 0.0874. The van der Waals surface area contributed by atoms with Crippen LogP contribution in [0.3, 0.4) is 0 Å². The van der Waals surface area contributed by atoms with Gasteiger partial charge in [0.15, 0.2) is 35.4 Å². The molecule has 4 aromatic rings. The summed E-state index contributed by atoms with van der Waals surface area (Å²) in [6, 6.07) is 3.06. The molecule has 3 aliphatic heterocycles. The number of imidazole rings is 2. The molecule has 0 amide bonds. The molecule has 0 saturated carbocycles. The topological polar surface area (TPSA) is 241 Å². The second-order valence-electron chi connectivity index (χ2n) is 10.2. The number of halogens is 2. The number of aromatic nitrogens is 6. The molecule has 3 aliphatic rings. The Kier molecular flexibility index (Phi) is 8.20. The zero-order valence-electron chi connectivity index (χ0n) is 22.6. The molecule has 0 spiro atoms. The van der Waals surface area contributed by atoms with Gasteiger partial charge in [-0.15, -0.1) is 0 Å². The number of nitrogens with zero attached hydrogens (tertiary/aromatic N) is 5. The highest BCUT2D eigenvalue weighted by Crippen LogP contribution is 2.58. The fourth-order valence-electron chi connectivity index (χ4n) is 5.14. The molecule has 5 unspecified atom stereocenters. The Morgan fingerprint density at radius 2 is 1.87 bits per heavy atom. The second kappa shape index (κ2) is 11.7. The smallest absolute Gasteiger partial charge is 0.437 e. The number of thiol groups is 1. The highest BCUT2D eigenvalue weighted by Gasteiger charge is 2.50. The number of anilines is 1. The molecule has 7 rings (SSSR count). The van der Waals surface area contributed by atoms with Gasteiger partial charge in [-0.05, 0) is 36.2 Å². The molecular weight excluding hydrogens is 735 g/mol. The monoisotopic (exact) mass is 755 g/mol. The summed E-state index contributed by atoms with van der Waals surface area (Å²) in [6.07, 6.45) is -5.82. The molecule has 1 aromatic carbocycles. The van der Waals surface area contributed by atoms with Crippen molar-refractivity contribution in [3.8, 4) is 0 Å². The van der Waals surface area contributed by atoms with Gasteiger partial charge < -0.3 is 43.9 Å². The van der Waals surface area contributed by atoms with Gasteiger partial charge >= 0.3 is 13.5 Å². The van der Waals surface area contributed by atoms with E-state index in [4.69, 9.17) is 68.3 Å². The molecule has 0 aliphatic carbocycles. The van der Waals surface area contributed by atoms with Crippen molar-refractivity contribution in [3.05, 3.63) is 50.9 Å². The van der Waals surface area contributed by atoms with Crippen molar-refractivity contribution in [2.24, 2.45) is 0 Å². The molecule has 0 radical (unpaired) electrons. The van der Waals surface area contributed by atoms with Gasteiger partial charge in [0, 0.05) is 0 Å². The average molecular weight is 756 g/mol. The first-order chi connectivity index (χ1) is 21.7. The lowest BCUT2D eigenvalue weighted by Crippen LogP contribution is -2.36. The number of hydrogen-bond acceptors (Lipinski definition) is 15. The number of fused-ring (bicyclic) bond motifs is 5. The maximum Gasteiger partial charge on any atom is 0.437 e. The third-order valence-corrected chi connectivity index (χ3v) is 11.0. The quantitative estimate of drug-likeness (QED) is 0.126. The van der Waals surface area contributed by atoms with Gasteiger partial charge in [0.25, 0.3) is 5.56 Å². The van der Waals surface area contributed by atoms with E-state index in [-0.39, 0.29) is 33.0 Å². The molecule has 8 atom stereocenters. The Morgan fingerprint density at radius 1 is 1.13 bits per heavy atom. The molecular formula is C22H21Cl2N7O11P2S2. The molecule has 2 bridgehead atoms. The minimum Gasteiger partial charge on any atom is -0.467 e. The first-order valence-corrected chi connectivity index (χ1v) is 19.1. The molecule has 6 heterocycles. The van der Waals surface area contributed by atoms with E-state index in [0.29, 0.717) is 11.0 Å². The molecule has 2 fully saturated rings. The summed E-state index contributed by atoms with van der Waals surface area (Å²) in [5.74, 6) is -1.01. The van der Waals surface area contributed by atoms with Crippen LogP contribution >= 0.6 is 49.0 Å². The van der Waals surface area contributed by atoms with Crippen LogP contribution in [0.5, 0.6) is 0 Å². The van der Waals surface area contributed by atoms with Crippen LogP contribution in [0, 0.1) is 0 Å². The number of hydrogen-bond donors (Lipinski definition) is 6. The number of ether oxygens (including phenoxy) is 2. The van der Waals surface area contributed by atoms with Crippen molar-refractivity contribution in [1.29, 1.82) is 0 Å². The number of nitrogens with one attached hydrogen (secondary N) is 1. The molecule has 3 aromatic heterocycles. The van der Waals surface area contributed by atoms with E-state index >= 15 is 0 Å². The third kappa shape index (κ3) is 5.74. The van der Waals surface area contributed by atoms with Crippen LogP contribution in [-0.2, 0) is 43.9 Å². The van der Waals surface area contributed by atoms with E-state index in [9.17, 15) is 24.5 Å². The number of H-pyrrole nitrogens is 1. The molecule has 46 heavy (non-hydrogen) atoms. The van der Waals surface area contributed by atoms with Gasteiger partial charge in [0.2, 0.25) is 11.8 Å². The molecule has 24 heteroatoms. The van der Waals surface area contributed by atoms with Gasteiger partial charge in [-0.2, -0.15) is 4.98 Å². The van der Waals surface area contributed by atoms with Gasteiger partial charge in [0.05, 0.1) is 40.6 Å². The van der Waals surface area contributed by atoms with E-state index in [1.807, 2.05) is 0 Å². The summed E-state index contributed by atoms with van der Waals surface area (Å²) in [5.41, 5.74) is 5.71. The van der Waals surface area contributed by atoms with Gasteiger partial charge in [0.1, 0.15) is 24.6 Å². The highest BCUT2D eigenvalue weighted by molar-refractivity contribution is 8.44. The second-order valence-corrected chi connectivity index (χ2v) is 16.6. The van der Waals surface area contributed by atoms with Crippen molar-refractivity contribution >= 4 is 94.8 Å². The Balaban J connectivity index is 1.24. The average Bonchev–Trinajstić information content (AvgIpc) is 3.72. The van der Waals surface area contributed by atoms with Crippen molar-refractivity contribution in [2.45, 2.75) is 36.7 Å². The third-order valence-electron chi connectivity index (χ3n) is 7.21. The van der Waals surface area contributed by atoms with Crippen LogP contribution in [0.15, 0.2) is 35.3 Å². The Morgan fingerprint density at radius 3 is 2.65 bits per heavy atom. The predicted octanol–water partition coefficient (Wildman–Crippen LogP) is 1.91. The summed E-state index contributed by atoms with van der Waals surface area (Å²) in [4.78, 5) is 38.0. The van der Waals surface area contributed by atoms with Crippen molar-refractivity contribution in [1.82, 2.24) is 29.1 Å². The Hall–Kier alpha value is -2.29. The van der Waals surface area contributed by atoms with Crippen LogP contribution in [0.1, 0.15) is 6.23 Å². The standard InChI is InChI=1S/C22H21Cl2N7O11P2S2/c23-7-1-9-10(2-8(7)24)30(5-26-9)20-15(33)16-12(40-20)4-38-44(36,46)42-17-14(32)11(3-37-43(35,45)41-16)39-21(17)31-6-27-13-18(31)28-22(25)29-19(13)34/h1-2,5-6,11-12,14-16,20,32-33H,3-4H2,(H,35,45)(H,36,46)(H3,25,28,29,34)/t11-,12-,14?,15?,16?,20-,43?,44?/m1/s1. The maximum atomic E-state index is 13.5. The number of nitrogens with two attached hydrogens (primary N) is 1. The lowest BCUT2D eigenvalue weighted by Gasteiger charge is -2.26. The van der Waals surface area contributed by atoms with E-state index in [0.717, 1.165) is 10.9 Å². The highest BCUT2D eigenvalue weighted by atomic mass is 35.5. The van der Waals surface area contributed by atoms with Crippen molar-refractivity contribution in [3.63, 3.8) is 0 Å². The largest absolute Gasteiger partial charge is 0.467 e. The normalized spacial score (nSPS) is 33.7. The summed E-state index contributed by atoms with van der Waals surface area (Å²) >= 11 is 21.6. The molecule has 246 valence electrons. The number of aliphatic hydroxyl groups is 2.